The molecule has 1 heterocycles. The Balaban J connectivity index is 2.41. The summed E-state index contributed by atoms with van der Waals surface area (Å²) in [5.74, 6) is 0.868. The van der Waals surface area contributed by atoms with Crippen LogP contribution < -0.4 is 4.74 Å². The third kappa shape index (κ3) is 3.66. The van der Waals surface area contributed by atoms with Crippen molar-refractivity contribution >= 4 is 23.3 Å². The molecular formula is C16H25N3OS. The number of ether oxygens (including phenoxy) is 1. The minimum atomic E-state index is 0.145. The molecule has 1 aromatic carbocycles. The number of nitrogens with one attached hydrogen (secondary N) is 1. The van der Waals surface area contributed by atoms with Crippen molar-refractivity contribution in [2.75, 3.05) is 20.6 Å². The largest absolute Gasteiger partial charge is 0.489 e. The molecule has 0 aliphatic heterocycles. The minimum Gasteiger partial charge on any atom is -0.489 e. The van der Waals surface area contributed by atoms with Gasteiger partial charge in [-0.25, -0.2) is 0 Å². The van der Waals surface area contributed by atoms with Gasteiger partial charge in [-0.15, -0.1) is 0 Å². The lowest BCUT2D eigenvalue weighted by Crippen LogP contribution is -2.17. The second-order valence-electron chi connectivity index (χ2n) is 6.06. The molecule has 0 radical (unpaired) electrons. The predicted octanol–water partition coefficient (Wildman–Crippen LogP) is 4.00. The second-order valence-corrected chi connectivity index (χ2v) is 6.44. The lowest BCUT2D eigenvalue weighted by Gasteiger charge is -2.17. The van der Waals surface area contributed by atoms with Gasteiger partial charge in [-0.3, -0.25) is 0 Å². The van der Waals surface area contributed by atoms with E-state index in [1.54, 1.807) is 0 Å². The van der Waals surface area contributed by atoms with Gasteiger partial charge in [-0.2, -0.15) is 0 Å². The number of nitrogens with zero attached hydrogens (tertiary/aromatic N) is 2. The Morgan fingerprint density at radius 1 is 1.29 bits per heavy atom. The molecule has 0 saturated heterocycles. The molecular weight excluding hydrogens is 282 g/mol. The lowest BCUT2D eigenvalue weighted by atomic mass is 10.2. The number of aromatic nitrogens is 2. The van der Waals surface area contributed by atoms with Crippen LogP contribution in [-0.2, 0) is 0 Å². The number of hydrogen-bond acceptors (Lipinski definition) is 3. The van der Waals surface area contributed by atoms with Crippen molar-refractivity contribution in [1.82, 2.24) is 14.5 Å². The zero-order valence-electron chi connectivity index (χ0n) is 13.5. The monoisotopic (exact) mass is 307 g/mol. The van der Waals surface area contributed by atoms with Crippen molar-refractivity contribution in [3.05, 3.63) is 23.0 Å². The van der Waals surface area contributed by atoms with Crippen molar-refractivity contribution < 1.29 is 4.74 Å². The van der Waals surface area contributed by atoms with Crippen LogP contribution in [0.3, 0.4) is 0 Å². The zero-order valence-corrected chi connectivity index (χ0v) is 14.3. The smallest absolute Gasteiger partial charge is 0.178 e. The highest BCUT2D eigenvalue weighted by molar-refractivity contribution is 7.71. The van der Waals surface area contributed by atoms with Crippen LogP contribution in [0, 0.1) is 4.77 Å². The second kappa shape index (κ2) is 6.62. The van der Waals surface area contributed by atoms with Crippen LogP contribution >= 0.6 is 12.2 Å². The van der Waals surface area contributed by atoms with Crippen LogP contribution in [0.4, 0.5) is 0 Å². The molecule has 2 aromatic rings. The highest BCUT2D eigenvalue weighted by atomic mass is 32.1. The molecule has 0 spiro atoms. The van der Waals surface area contributed by atoms with Gasteiger partial charge < -0.3 is 19.2 Å². The van der Waals surface area contributed by atoms with E-state index in [4.69, 9.17) is 17.0 Å². The van der Waals surface area contributed by atoms with Gasteiger partial charge in [0.25, 0.3) is 0 Å². The Kier molecular flexibility index (Phi) is 5.06. The molecule has 5 heteroatoms. The third-order valence-electron chi connectivity index (χ3n) is 3.51. The minimum absolute atomic E-state index is 0.145. The van der Waals surface area contributed by atoms with Gasteiger partial charge in [0.05, 0.1) is 11.6 Å². The summed E-state index contributed by atoms with van der Waals surface area (Å²) in [6, 6.07) is 6.46. The van der Waals surface area contributed by atoms with E-state index in [0.717, 1.165) is 34.5 Å². The fourth-order valence-corrected chi connectivity index (χ4v) is 2.87. The predicted molar refractivity (Wildman–Crippen MR) is 90.8 cm³/mol. The van der Waals surface area contributed by atoms with Crippen molar-refractivity contribution in [2.45, 2.75) is 39.3 Å². The summed E-state index contributed by atoms with van der Waals surface area (Å²) in [5.41, 5.74) is 2.11. The normalized spacial score (nSPS) is 13.3. The third-order valence-corrected chi connectivity index (χ3v) is 3.81. The van der Waals surface area contributed by atoms with Gasteiger partial charge in [0.1, 0.15) is 11.3 Å². The topological polar surface area (TPSA) is 33.2 Å². The van der Waals surface area contributed by atoms with Gasteiger partial charge in [-0.05, 0) is 72.2 Å². The fraction of sp³-hybridized carbons (Fsp3) is 0.562. The van der Waals surface area contributed by atoms with Crippen LogP contribution in [0.2, 0.25) is 0 Å². The van der Waals surface area contributed by atoms with Gasteiger partial charge in [0.2, 0.25) is 0 Å². The van der Waals surface area contributed by atoms with E-state index < -0.39 is 0 Å². The molecule has 4 nitrogen and oxygen atoms in total. The van der Waals surface area contributed by atoms with E-state index in [0.29, 0.717) is 6.04 Å². The van der Waals surface area contributed by atoms with E-state index in [1.807, 2.05) is 26.0 Å². The highest BCUT2D eigenvalue weighted by Crippen LogP contribution is 2.28. The summed E-state index contributed by atoms with van der Waals surface area (Å²) in [4.78, 5) is 5.51. The molecule has 0 saturated carbocycles. The molecule has 1 atom stereocenters. The molecule has 1 aromatic heterocycles. The van der Waals surface area contributed by atoms with Crippen LogP contribution in [0.15, 0.2) is 18.2 Å². The van der Waals surface area contributed by atoms with Gasteiger partial charge >= 0.3 is 0 Å². The zero-order chi connectivity index (χ0) is 15.6. The van der Waals surface area contributed by atoms with Crippen molar-refractivity contribution in [2.24, 2.45) is 0 Å². The van der Waals surface area contributed by atoms with E-state index >= 15 is 0 Å². The Hall–Kier alpha value is -1.33. The summed E-state index contributed by atoms with van der Waals surface area (Å²) in [6.07, 6.45) is 1.20. The SMILES string of the molecule is CC(C)Oc1cccc2c1[nH]c(=S)n2C(C)CCN(C)C. The Morgan fingerprint density at radius 2 is 2.00 bits per heavy atom. The number of hydrogen-bond donors (Lipinski definition) is 1. The number of rotatable bonds is 6. The average molecular weight is 307 g/mol. The number of imidazole rings is 1. The molecule has 0 fully saturated rings. The first-order valence-electron chi connectivity index (χ1n) is 7.44. The first-order valence-corrected chi connectivity index (χ1v) is 7.85. The van der Waals surface area contributed by atoms with E-state index in [-0.39, 0.29) is 6.10 Å². The van der Waals surface area contributed by atoms with E-state index in [2.05, 4.69) is 41.5 Å². The van der Waals surface area contributed by atoms with Crippen LogP contribution in [0.5, 0.6) is 5.75 Å². The summed E-state index contributed by atoms with van der Waals surface area (Å²) < 4.78 is 8.83. The first-order chi connectivity index (χ1) is 9.90. The summed E-state index contributed by atoms with van der Waals surface area (Å²) in [5, 5.41) is 0. The molecule has 0 aliphatic carbocycles. The summed E-state index contributed by atoms with van der Waals surface area (Å²) in [7, 11) is 4.19. The highest BCUT2D eigenvalue weighted by Gasteiger charge is 2.14. The maximum atomic E-state index is 5.87. The number of H-pyrrole nitrogens is 1. The van der Waals surface area contributed by atoms with Gasteiger partial charge in [0.15, 0.2) is 4.77 Å². The maximum absolute atomic E-state index is 5.87. The quantitative estimate of drug-likeness (QED) is 0.819. The molecule has 21 heavy (non-hydrogen) atoms. The lowest BCUT2D eigenvalue weighted by molar-refractivity contribution is 0.245. The average Bonchev–Trinajstić information content (AvgIpc) is 2.73. The van der Waals surface area contributed by atoms with Crippen LogP contribution in [0.1, 0.15) is 33.2 Å². The molecule has 0 amide bonds. The fourth-order valence-electron chi connectivity index (χ4n) is 2.49. The first kappa shape index (κ1) is 16.0. The van der Waals surface area contributed by atoms with Gasteiger partial charge in [0, 0.05) is 6.04 Å². The maximum Gasteiger partial charge on any atom is 0.178 e. The number of para-hydroxylation sites is 1. The Labute approximate surface area is 131 Å². The van der Waals surface area contributed by atoms with Crippen molar-refractivity contribution in [3.63, 3.8) is 0 Å². The number of fused-ring (bicyclic) bond motifs is 1. The molecule has 2 rings (SSSR count). The van der Waals surface area contributed by atoms with Crippen molar-refractivity contribution in [1.29, 1.82) is 0 Å². The summed E-state index contributed by atoms with van der Waals surface area (Å²) >= 11 is 5.52. The summed E-state index contributed by atoms with van der Waals surface area (Å²) in [6.45, 7) is 7.31. The molecule has 1 N–H and O–H groups in total. The van der Waals surface area contributed by atoms with Crippen LogP contribution in [-0.4, -0.2) is 41.2 Å². The number of benzene rings is 1. The van der Waals surface area contributed by atoms with E-state index in [9.17, 15) is 0 Å². The van der Waals surface area contributed by atoms with Crippen molar-refractivity contribution in [3.8, 4) is 5.75 Å². The number of aromatic amines is 1. The standard InChI is InChI=1S/C16H25N3OS/c1-11(2)20-14-8-6-7-13-15(14)17-16(21)19(13)12(3)9-10-18(4)5/h6-8,11-12H,9-10H2,1-5H3,(H,17,21). The van der Waals surface area contributed by atoms with Crippen LogP contribution in [0.25, 0.3) is 11.0 Å². The Morgan fingerprint density at radius 3 is 2.62 bits per heavy atom. The molecule has 0 aliphatic rings. The molecule has 116 valence electrons. The van der Waals surface area contributed by atoms with Gasteiger partial charge in [-0.1, -0.05) is 6.07 Å². The Bertz CT molecular complexity index is 657. The molecule has 0 bridgehead atoms. The molecule has 1 unspecified atom stereocenters. The van der Waals surface area contributed by atoms with E-state index in [1.165, 1.54) is 0 Å².